The van der Waals surface area contributed by atoms with E-state index in [2.05, 4.69) is 0 Å². The van der Waals surface area contributed by atoms with Gasteiger partial charge in [0.25, 0.3) is 0 Å². The summed E-state index contributed by atoms with van der Waals surface area (Å²) in [7, 11) is 0. The summed E-state index contributed by atoms with van der Waals surface area (Å²) in [5.41, 5.74) is 6.40. The first-order chi connectivity index (χ1) is 7.16. The second-order valence-electron chi connectivity index (χ2n) is 3.73. The van der Waals surface area contributed by atoms with E-state index in [1.807, 2.05) is 0 Å². The van der Waals surface area contributed by atoms with Crippen molar-refractivity contribution in [2.75, 3.05) is 5.73 Å². The number of rotatable bonds is 3. The fraction of sp³-hybridized carbons (Fsp3) is 0.364. The minimum Gasteiger partial charge on any atom is -0.488 e. The molecule has 0 bridgehead atoms. The molecule has 1 aliphatic rings. The molecule has 0 radical (unpaired) electrons. The Morgan fingerprint density at radius 3 is 2.73 bits per heavy atom. The molecule has 0 aliphatic heterocycles. The molecule has 1 aromatic carbocycles. The van der Waals surface area contributed by atoms with Gasteiger partial charge >= 0.3 is 5.97 Å². The van der Waals surface area contributed by atoms with E-state index in [0.717, 1.165) is 12.8 Å². The zero-order chi connectivity index (χ0) is 10.8. The molecule has 2 rings (SSSR count). The molecule has 15 heavy (non-hydrogen) atoms. The summed E-state index contributed by atoms with van der Waals surface area (Å²) in [6.07, 6.45) is 3.42. The Balaban J connectivity index is 2.19. The zero-order valence-corrected chi connectivity index (χ0v) is 8.27. The summed E-state index contributed by atoms with van der Waals surface area (Å²) in [6.45, 7) is 0. The van der Waals surface area contributed by atoms with Crippen molar-refractivity contribution in [3.63, 3.8) is 0 Å². The third kappa shape index (κ3) is 2.03. The topological polar surface area (TPSA) is 72.6 Å². The van der Waals surface area contributed by atoms with E-state index in [0.29, 0.717) is 11.4 Å². The molecule has 0 aromatic heterocycles. The first-order valence-electron chi connectivity index (χ1n) is 4.96. The molecule has 0 unspecified atom stereocenters. The largest absolute Gasteiger partial charge is 0.488 e. The number of anilines is 1. The molecule has 0 spiro atoms. The van der Waals surface area contributed by atoms with Gasteiger partial charge in [-0.25, -0.2) is 4.79 Å². The van der Waals surface area contributed by atoms with Crippen molar-refractivity contribution in [3.05, 3.63) is 23.8 Å². The van der Waals surface area contributed by atoms with Crippen LogP contribution in [-0.4, -0.2) is 17.2 Å². The monoisotopic (exact) mass is 207 g/mol. The average Bonchev–Trinajstić information content (AvgIpc) is 2.13. The summed E-state index contributed by atoms with van der Waals surface area (Å²) < 4.78 is 5.58. The molecule has 80 valence electrons. The fourth-order valence-corrected chi connectivity index (χ4v) is 1.44. The molecule has 0 heterocycles. The summed E-state index contributed by atoms with van der Waals surface area (Å²) in [5.74, 6) is -0.479. The number of carbonyl (C=O) groups is 1. The highest BCUT2D eigenvalue weighted by Gasteiger charge is 2.20. The van der Waals surface area contributed by atoms with Gasteiger partial charge in [-0.2, -0.15) is 0 Å². The lowest BCUT2D eigenvalue weighted by Gasteiger charge is -2.27. The van der Waals surface area contributed by atoms with E-state index in [9.17, 15) is 4.79 Å². The van der Waals surface area contributed by atoms with Crippen LogP contribution >= 0.6 is 0 Å². The molecule has 0 amide bonds. The van der Waals surface area contributed by atoms with Crippen molar-refractivity contribution in [2.45, 2.75) is 25.4 Å². The zero-order valence-electron chi connectivity index (χ0n) is 8.27. The van der Waals surface area contributed by atoms with Gasteiger partial charge in [-0.15, -0.1) is 0 Å². The number of ether oxygens (including phenoxy) is 1. The van der Waals surface area contributed by atoms with Crippen LogP contribution < -0.4 is 10.5 Å². The molecule has 1 aliphatic carbocycles. The van der Waals surface area contributed by atoms with Crippen LogP contribution in [0.25, 0.3) is 0 Å². The molecule has 0 atom stereocenters. The maximum atomic E-state index is 10.7. The van der Waals surface area contributed by atoms with Crippen LogP contribution in [0.2, 0.25) is 0 Å². The van der Waals surface area contributed by atoms with Crippen molar-refractivity contribution in [1.29, 1.82) is 0 Å². The Bertz CT molecular complexity index is 385. The Kier molecular flexibility index (Phi) is 2.49. The summed E-state index contributed by atoms with van der Waals surface area (Å²) in [4.78, 5) is 10.7. The number of hydrogen-bond acceptors (Lipinski definition) is 3. The minimum atomic E-state index is -0.964. The molecular weight excluding hydrogens is 194 g/mol. The number of nitrogen functional groups attached to an aromatic ring is 1. The Morgan fingerprint density at radius 2 is 2.20 bits per heavy atom. The highest BCUT2D eigenvalue weighted by molar-refractivity contribution is 5.89. The van der Waals surface area contributed by atoms with E-state index in [1.165, 1.54) is 18.6 Å². The van der Waals surface area contributed by atoms with E-state index in [4.69, 9.17) is 15.6 Å². The van der Waals surface area contributed by atoms with Crippen molar-refractivity contribution in [3.8, 4) is 5.75 Å². The highest BCUT2D eigenvalue weighted by Crippen LogP contribution is 2.29. The van der Waals surface area contributed by atoms with Crippen LogP contribution in [-0.2, 0) is 0 Å². The van der Waals surface area contributed by atoms with Crippen LogP contribution in [0.1, 0.15) is 29.6 Å². The molecule has 1 fully saturated rings. The van der Waals surface area contributed by atoms with Crippen molar-refractivity contribution in [1.82, 2.24) is 0 Å². The Hall–Kier alpha value is -1.71. The van der Waals surface area contributed by atoms with Crippen LogP contribution in [0.15, 0.2) is 18.2 Å². The standard InChI is InChI=1S/C11H13NO3/c12-9-5-4-7(11(13)14)6-10(9)15-8-2-1-3-8/h4-6,8H,1-3,12H2,(H,13,14). The SMILES string of the molecule is Nc1ccc(C(=O)O)cc1OC1CCC1. The third-order valence-corrected chi connectivity index (χ3v) is 2.61. The predicted molar refractivity (Wildman–Crippen MR) is 56.1 cm³/mol. The van der Waals surface area contributed by atoms with Gasteiger partial charge in [-0.05, 0) is 37.5 Å². The van der Waals surface area contributed by atoms with Crippen LogP contribution in [0.4, 0.5) is 5.69 Å². The van der Waals surface area contributed by atoms with Gasteiger partial charge in [-0.1, -0.05) is 0 Å². The van der Waals surface area contributed by atoms with Crippen LogP contribution in [0, 0.1) is 0 Å². The number of hydrogen-bond donors (Lipinski definition) is 2. The van der Waals surface area contributed by atoms with E-state index in [1.54, 1.807) is 6.07 Å². The van der Waals surface area contributed by atoms with Crippen molar-refractivity contribution in [2.24, 2.45) is 0 Å². The van der Waals surface area contributed by atoms with E-state index in [-0.39, 0.29) is 11.7 Å². The first kappa shape index (κ1) is 9.83. The Morgan fingerprint density at radius 1 is 1.47 bits per heavy atom. The van der Waals surface area contributed by atoms with E-state index >= 15 is 0 Å². The van der Waals surface area contributed by atoms with Crippen LogP contribution in [0.5, 0.6) is 5.75 Å². The normalized spacial score (nSPS) is 15.7. The first-order valence-corrected chi connectivity index (χ1v) is 4.96. The average molecular weight is 207 g/mol. The number of carboxylic acids is 1. The quantitative estimate of drug-likeness (QED) is 0.742. The Labute approximate surface area is 87.7 Å². The molecule has 0 saturated heterocycles. The van der Waals surface area contributed by atoms with Gasteiger partial charge in [0.05, 0.1) is 17.4 Å². The van der Waals surface area contributed by atoms with Crippen molar-refractivity contribution < 1.29 is 14.6 Å². The number of benzene rings is 1. The second kappa shape index (κ2) is 3.81. The highest BCUT2D eigenvalue weighted by atomic mass is 16.5. The smallest absolute Gasteiger partial charge is 0.335 e. The number of aromatic carboxylic acids is 1. The summed E-state index contributed by atoms with van der Waals surface area (Å²) >= 11 is 0. The molecule has 3 N–H and O–H groups in total. The second-order valence-corrected chi connectivity index (χ2v) is 3.73. The number of nitrogens with two attached hydrogens (primary N) is 1. The molecule has 1 aromatic rings. The van der Waals surface area contributed by atoms with Crippen molar-refractivity contribution >= 4 is 11.7 Å². The van der Waals surface area contributed by atoms with Gasteiger partial charge in [0.1, 0.15) is 5.75 Å². The maximum Gasteiger partial charge on any atom is 0.335 e. The van der Waals surface area contributed by atoms with Gasteiger partial charge in [0.2, 0.25) is 0 Å². The predicted octanol–water partition coefficient (Wildman–Crippen LogP) is 1.90. The lowest BCUT2D eigenvalue weighted by Crippen LogP contribution is -2.25. The lowest BCUT2D eigenvalue weighted by molar-refractivity contribution is 0.0695. The number of carboxylic acid groups (broad SMARTS) is 1. The maximum absolute atomic E-state index is 10.7. The van der Waals surface area contributed by atoms with Gasteiger partial charge < -0.3 is 15.6 Å². The van der Waals surface area contributed by atoms with E-state index < -0.39 is 5.97 Å². The summed E-state index contributed by atoms with van der Waals surface area (Å²) in [6, 6.07) is 4.53. The minimum absolute atomic E-state index is 0.205. The molecular formula is C11H13NO3. The van der Waals surface area contributed by atoms with Crippen LogP contribution in [0.3, 0.4) is 0 Å². The van der Waals surface area contributed by atoms with Gasteiger partial charge in [0, 0.05) is 0 Å². The van der Waals surface area contributed by atoms with Gasteiger partial charge in [-0.3, -0.25) is 0 Å². The molecule has 4 heteroatoms. The molecule has 1 saturated carbocycles. The van der Waals surface area contributed by atoms with Gasteiger partial charge in [0.15, 0.2) is 0 Å². The summed E-state index contributed by atoms with van der Waals surface area (Å²) in [5, 5.41) is 8.81. The lowest BCUT2D eigenvalue weighted by atomic mass is 9.96. The third-order valence-electron chi connectivity index (χ3n) is 2.61. The molecule has 4 nitrogen and oxygen atoms in total. The fourth-order valence-electron chi connectivity index (χ4n) is 1.44.